The fraction of sp³-hybridized carbons (Fsp3) is 0.250. The molecule has 2 aromatic carbocycles. The molecule has 0 unspecified atom stereocenters. The molecule has 0 aliphatic heterocycles. The number of nitrogens with one attached hydrogen (secondary N) is 1. The van der Waals surface area contributed by atoms with Crippen LogP contribution in [0.4, 0.5) is 5.69 Å². The highest BCUT2D eigenvalue weighted by molar-refractivity contribution is 9.10. The maximum atomic E-state index is 12.4. The Labute approximate surface area is 134 Å². The van der Waals surface area contributed by atoms with Crippen LogP contribution in [0.1, 0.15) is 25.0 Å². The van der Waals surface area contributed by atoms with Gasteiger partial charge in [-0.1, -0.05) is 41.9 Å². The molecule has 0 aliphatic carbocycles. The molecule has 0 heterocycles. The van der Waals surface area contributed by atoms with Crippen LogP contribution in [0.5, 0.6) is 0 Å². The van der Waals surface area contributed by atoms with Crippen LogP contribution >= 0.6 is 15.9 Å². The summed E-state index contributed by atoms with van der Waals surface area (Å²) in [6, 6.07) is 12.5. The Morgan fingerprint density at radius 2 is 1.67 bits per heavy atom. The van der Waals surface area contributed by atoms with E-state index < -0.39 is 10.0 Å². The molecule has 2 rings (SSSR count). The van der Waals surface area contributed by atoms with E-state index in [2.05, 4.69) is 20.7 Å². The molecule has 0 aliphatic rings. The second kappa shape index (κ2) is 6.62. The summed E-state index contributed by atoms with van der Waals surface area (Å²) in [7, 11) is -3.55. The fourth-order valence-corrected chi connectivity index (χ4v) is 3.57. The van der Waals surface area contributed by atoms with Gasteiger partial charge in [-0.25, -0.2) is 8.42 Å². The zero-order valence-electron chi connectivity index (χ0n) is 12.1. The van der Waals surface area contributed by atoms with Crippen molar-refractivity contribution in [3.63, 3.8) is 0 Å². The van der Waals surface area contributed by atoms with Gasteiger partial charge in [0.05, 0.1) is 10.6 Å². The largest absolute Gasteiger partial charge is 0.279 e. The van der Waals surface area contributed by atoms with Gasteiger partial charge >= 0.3 is 0 Å². The Balaban J connectivity index is 2.32. The number of aryl methyl sites for hydroxylation is 2. The molecule has 21 heavy (non-hydrogen) atoms. The van der Waals surface area contributed by atoms with Gasteiger partial charge in [0.25, 0.3) is 10.0 Å². The maximum absolute atomic E-state index is 12.4. The van der Waals surface area contributed by atoms with Crippen molar-refractivity contribution in [3.05, 3.63) is 58.1 Å². The normalized spacial score (nSPS) is 11.4. The van der Waals surface area contributed by atoms with E-state index in [0.29, 0.717) is 5.69 Å². The minimum atomic E-state index is -3.55. The van der Waals surface area contributed by atoms with E-state index in [1.807, 2.05) is 38.1 Å². The average Bonchev–Trinajstić information content (AvgIpc) is 2.49. The second-order valence-corrected chi connectivity index (χ2v) is 7.36. The highest BCUT2D eigenvalue weighted by atomic mass is 79.9. The monoisotopic (exact) mass is 367 g/mol. The first-order valence-corrected chi connectivity index (χ1v) is 9.14. The zero-order chi connectivity index (χ0) is 15.5. The van der Waals surface area contributed by atoms with Gasteiger partial charge in [-0.3, -0.25) is 4.72 Å². The van der Waals surface area contributed by atoms with Crippen molar-refractivity contribution in [2.45, 2.75) is 31.6 Å². The minimum Gasteiger partial charge on any atom is -0.279 e. The van der Waals surface area contributed by atoms with Crippen molar-refractivity contribution >= 4 is 31.6 Å². The molecule has 0 bridgehead atoms. The zero-order valence-corrected chi connectivity index (χ0v) is 14.5. The molecule has 0 saturated carbocycles. The molecule has 0 spiro atoms. The van der Waals surface area contributed by atoms with Crippen LogP contribution in [-0.2, 0) is 22.9 Å². The maximum Gasteiger partial charge on any atom is 0.261 e. The molecule has 0 aromatic heterocycles. The van der Waals surface area contributed by atoms with Gasteiger partial charge in [0.15, 0.2) is 0 Å². The lowest BCUT2D eigenvalue weighted by Gasteiger charge is -2.12. The Bertz CT molecular complexity index is 724. The van der Waals surface area contributed by atoms with Crippen molar-refractivity contribution < 1.29 is 8.42 Å². The molecule has 2 aromatic rings. The summed E-state index contributed by atoms with van der Waals surface area (Å²) in [6.45, 7) is 4.03. The predicted octanol–water partition coefficient (Wildman–Crippen LogP) is 4.37. The molecule has 0 amide bonds. The number of hydrogen-bond donors (Lipinski definition) is 1. The van der Waals surface area contributed by atoms with E-state index >= 15 is 0 Å². The standard InChI is InChI=1S/C16H18BrNO2S/c1-3-12-5-8-15(9-6-12)21(19,20)18-16-10-7-14(17)11-13(16)4-2/h5-11,18H,3-4H2,1-2H3. The summed E-state index contributed by atoms with van der Waals surface area (Å²) >= 11 is 3.40. The molecule has 0 radical (unpaired) electrons. The van der Waals surface area contributed by atoms with E-state index in [4.69, 9.17) is 0 Å². The summed E-state index contributed by atoms with van der Waals surface area (Å²) in [4.78, 5) is 0.282. The van der Waals surface area contributed by atoms with E-state index in [-0.39, 0.29) is 4.90 Å². The molecular weight excluding hydrogens is 350 g/mol. The number of hydrogen-bond acceptors (Lipinski definition) is 2. The molecular formula is C16H18BrNO2S. The highest BCUT2D eigenvalue weighted by Gasteiger charge is 2.15. The highest BCUT2D eigenvalue weighted by Crippen LogP contribution is 2.24. The Hall–Kier alpha value is -1.33. The van der Waals surface area contributed by atoms with Gasteiger partial charge in [-0.15, -0.1) is 0 Å². The molecule has 112 valence electrons. The Kier molecular flexibility index (Phi) is 5.06. The number of sulfonamides is 1. The Morgan fingerprint density at radius 1 is 1.00 bits per heavy atom. The number of anilines is 1. The van der Waals surface area contributed by atoms with Crippen molar-refractivity contribution in [2.24, 2.45) is 0 Å². The second-order valence-electron chi connectivity index (χ2n) is 4.76. The van der Waals surface area contributed by atoms with Crippen molar-refractivity contribution in [2.75, 3.05) is 4.72 Å². The van der Waals surface area contributed by atoms with Gasteiger partial charge in [0, 0.05) is 4.47 Å². The van der Waals surface area contributed by atoms with Crippen LogP contribution in [0.25, 0.3) is 0 Å². The number of benzene rings is 2. The van der Waals surface area contributed by atoms with Gasteiger partial charge in [0.2, 0.25) is 0 Å². The van der Waals surface area contributed by atoms with Crippen LogP contribution in [-0.4, -0.2) is 8.42 Å². The van der Waals surface area contributed by atoms with Crippen LogP contribution in [0.2, 0.25) is 0 Å². The van der Waals surface area contributed by atoms with Crippen LogP contribution in [0, 0.1) is 0 Å². The minimum absolute atomic E-state index is 0.282. The molecule has 0 fully saturated rings. The molecule has 3 nitrogen and oxygen atoms in total. The van der Waals surface area contributed by atoms with Gasteiger partial charge in [-0.05, 0) is 54.3 Å². The van der Waals surface area contributed by atoms with Crippen molar-refractivity contribution in [1.29, 1.82) is 0 Å². The van der Waals surface area contributed by atoms with Gasteiger partial charge < -0.3 is 0 Å². The third kappa shape index (κ3) is 3.86. The lowest BCUT2D eigenvalue weighted by molar-refractivity contribution is 0.601. The molecule has 1 N–H and O–H groups in total. The van der Waals surface area contributed by atoms with Gasteiger partial charge in [-0.2, -0.15) is 0 Å². The summed E-state index contributed by atoms with van der Waals surface area (Å²) in [5, 5.41) is 0. The van der Waals surface area contributed by atoms with E-state index in [1.165, 1.54) is 0 Å². The lowest BCUT2D eigenvalue weighted by atomic mass is 10.1. The third-order valence-electron chi connectivity index (χ3n) is 3.33. The average molecular weight is 368 g/mol. The van der Waals surface area contributed by atoms with Crippen LogP contribution in [0.15, 0.2) is 51.8 Å². The number of halogens is 1. The predicted molar refractivity (Wildman–Crippen MR) is 90.1 cm³/mol. The van der Waals surface area contributed by atoms with Crippen LogP contribution in [0.3, 0.4) is 0 Å². The van der Waals surface area contributed by atoms with Crippen LogP contribution < -0.4 is 4.72 Å². The number of rotatable bonds is 5. The van der Waals surface area contributed by atoms with Crippen molar-refractivity contribution in [1.82, 2.24) is 0 Å². The SMILES string of the molecule is CCc1ccc(S(=O)(=O)Nc2ccc(Br)cc2CC)cc1. The molecule has 5 heteroatoms. The summed E-state index contributed by atoms with van der Waals surface area (Å²) in [5.74, 6) is 0. The summed E-state index contributed by atoms with van der Waals surface area (Å²) in [6.07, 6.45) is 1.65. The van der Waals surface area contributed by atoms with E-state index in [9.17, 15) is 8.42 Å². The first-order valence-electron chi connectivity index (χ1n) is 6.86. The van der Waals surface area contributed by atoms with E-state index in [1.54, 1.807) is 18.2 Å². The first-order chi connectivity index (χ1) is 9.96. The first kappa shape index (κ1) is 16.0. The third-order valence-corrected chi connectivity index (χ3v) is 5.21. The fourth-order valence-electron chi connectivity index (χ4n) is 2.06. The quantitative estimate of drug-likeness (QED) is 0.852. The Morgan fingerprint density at radius 3 is 2.24 bits per heavy atom. The van der Waals surface area contributed by atoms with E-state index in [0.717, 1.165) is 28.4 Å². The van der Waals surface area contributed by atoms with Crippen molar-refractivity contribution in [3.8, 4) is 0 Å². The molecule has 0 atom stereocenters. The van der Waals surface area contributed by atoms with Gasteiger partial charge in [0.1, 0.15) is 0 Å². The lowest BCUT2D eigenvalue weighted by Crippen LogP contribution is -2.14. The summed E-state index contributed by atoms with van der Waals surface area (Å²) in [5.41, 5.74) is 2.70. The molecule has 0 saturated heterocycles. The summed E-state index contributed by atoms with van der Waals surface area (Å²) < 4.78 is 28.5. The smallest absolute Gasteiger partial charge is 0.261 e. The topological polar surface area (TPSA) is 46.2 Å².